The van der Waals surface area contributed by atoms with E-state index < -0.39 is 0 Å². The van der Waals surface area contributed by atoms with Crippen LogP contribution in [0, 0.1) is 6.92 Å². The van der Waals surface area contributed by atoms with Crippen molar-refractivity contribution in [3.8, 4) is 0 Å². The van der Waals surface area contributed by atoms with Crippen molar-refractivity contribution in [2.24, 2.45) is 0 Å². The fourth-order valence-electron chi connectivity index (χ4n) is 3.47. The topological polar surface area (TPSA) is 75.1 Å². The molecule has 2 aromatic rings. The summed E-state index contributed by atoms with van der Waals surface area (Å²) in [6.45, 7) is 3.35. The van der Waals surface area contributed by atoms with E-state index in [2.05, 4.69) is 24.8 Å². The van der Waals surface area contributed by atoms with E-state index in [0.717, 1.165) is 37.4 Å². The van der Waals surface area contributed by atoms with Gasteiger partial charge in [-0.25, -0.2) is 15.0 Å². The molecule has 0 unspecified atom stereocenters. The zero-order valence-corrected chi connectivity index (χ0v) is 14.4. The Morgan fingerprint density at radius 2 is 1.84 bits per heavy atom. The number of nitrogens with zero attached hydrogens (tertiary/aromatic N) is 6. The Labute approximate surface area is 147 Å². The van der Waals surface area contributed by atoms with Crippen molar-refractivity contribution >= 4 is 11.7 Å². The third kappa shape index (κ3) is 3.45. The zero-order valence-electron chi connectivity index (χ0n) is 14.4. The van der Waals surface area contributed by atoms with Crippen LogP contribution in [-0.4, -0.2) is 55.9 Å². The number of rotatable bonds is 4. The maximum atomic E-state index is 12.6. The smallest absolute Gasteiger partial charge is 0.274 e. The number of carbonyl (C=O) groups is 1. The Hall–Kier alpha value is -2.57. The molecule has 3 heterocycles. The van der Waals surface area contributed by atoms with Crippen molar-refractivity contribution in [1.82, 2.24) is 24.8 Å². The van der Waals surface area contributed by atoms with Gasteiger partial charge < -0.3 is 9.80 Å². The second kappa shape index (κ2) is 6.74. The summed E-state index contributed by atoms with van der Waals surface area (Å²) < 4.78 is 0. The molecule has 0 radical (unpaired) electrons. The molecule has 1 aliphatic heterocycles. The lowest BCUT2D eigenvalue weighted by atomic mass is 10.0. The van der Waals surface area contributed by atoms with Gasteiger partial charge >= 0.3 is 0 Å². The van der Waals surface area contributed by atoms with E-state index in [4.69, 9.17) is 0 Å². The second-order valence-corrected chi connectivity index (χ2v) is 6.77. The van der Waals surface area contributed by atoms with Crippen LogP contribution in [0.3, 0.4) is 0 Å². The highest BCUT2D eigenvalue weighted by Crippen LogP contribution is 2.35. The first kappa shape index (κ1) is 15.9. The van der Waals surface area contributed by atoms with Gasteiger partial charge in [0, 0.05) is 37.6 Å². The molecule has 2 aliphatic rings. The molecule has 4 rings (SSSR count). The average molecular weight is 338 g/mol. The molecule has 1 saturated heterocycles. The van der Waals surface area contributed by atoms with E-state index in [1.54, 1.807) is 24.9 Å². The molecule has 1 saturated carbocycles. The van der Waals surface area contributed by atoms with Crippen molar-refractivity contribution in [1.29, 1.82) is 0 Å². The first-order valence-electron chi connectivity index (χ1n) is 8.84. The SMILES string of the molecule is Cc1cnc(C(=O)N2CCC(N(c3ccncn3)C3CC3)CC2)cn1. The van der Waals surface area contributed by atoms with Crippen molar-refractivity contribution < 1.29 is 4.79 Å². The lowest BCUT2D eigenvalue weighted by Crippen LogP contribution is -2.48. The van der Waals surface area contributed by atoms with Gasteiger partial charge in [0.25, 0.3) is 5.91 Å². The van der Waals surface area contributed by atoms with Gasteiger partial charge in [0.05, 0.1) is 11.9 Å². The summed E-state index contributed by atoms with van der Waals surface area (Å²) >= 11 is 0. The lowest BCUT2D eigenvalue weighted by Gasteiger charge is -2.39. The van der Waals surface area contributed by atoms with Gasteiger partial charge in [0.15, 0.2) is 0 Å². The molecular formula is C18H22N6O. The predicted octanol–water partition coefficient (Wildman–Crippen LogP) is 1.85. The Morgan fingerprint density at radius 1 is 1.08 bits per heavy atom. The summed E-state index contributed by atoms with van der Waals surface area (Å²) in [5, 5.41) is 0. The van der Waals surface area contributed by atoms with Crippen molar-refractivity contribution in [3.05, 3.63) is 42.4 Å². The molecule has 7 nitrogen and oxygen atoms in total. The number of hydrogen-bond donors (Lipinski definition) is 0. The largest absolute Gasteiger partial charge is 0.350 e. The molecule has 1 aliphatic carbocycles. The van der Waals surface area contributed by atoms with Crippen LogP contribution in [0.5, 0.6) is 0 Å². The number of hydrogen-bond acceptors (Lipinski definition) is 6. The number of likely N-dealkylation sites (tertiary alicyclic amines) is 1. The Morgan fingerprint density at radius 3 is 2.44 bits per heavy atom. The molecule has 0 aromatic carbocycles. The summed E-state index contributed by atoms with van der Waals surface area (Å²) in [6.07, 6.45) is 11.0. The molecule has 1 amide bonds. The maximum absolute atomic E-state index is 12.6. The molecule has 25 heavy (non-hydrogen) atoms. The van der Waals surface area contributed by atoms with Gasteiger partial charge in [-0.05, 0) is 38.7 Å². The van der Waals surface area contributed by atoms with Gasteiger partial charge in [-0.2, -0.15) is 0 Å². The first-order chi connectivity index (χ1) is 12.2. The van der Waals surface area contributed by atoms with Crippen molar-refractivity contribution in [3.63, 3.8) is 0 Å². The maximum Gasteiger partial charge on any atom is 0.274 e. The Bertz CT molecular complexity index is 723. The summed E-state index contributed by atoms with van der Waals surface area (Å²) in [6, 6.07) is 3.00. The molecule has 0 spiro atoms. The molecule has 7 heteroatoms. The molecule has 0 bridgehead atoms. The van der Waals surface area contributed by atoms with E-state index >= 15 is 0 Å². The number of aryl methyl sites for hydroxylation is 1. The highest BCUT2D eigenvalue weighted by Gasteiger charge is 2.37. The number of piperidine rings is 1. The van der Waals surface area contributed by atoms with Crippen LogP contribution in [0.4, 0.5) is 5.82 Å². The highest BCUT2D eigenvalue weighted by atomic mass is 16.2. The summed E-state index contributed by atoms with van der Waals surface area (Å²) in [5.74, 6) is 0.984. The van der Waals surface area contributed by atoms with Gasteiger partial charge in [-0.1, -0.05) is 0 Å². The minimum absolute atomic E-state index is 0.0223. The fourth-order valence-corrected chi connectivity index (χ4v) is 3.47. The van der Waals surface area contributed by atoms with Crippen LogP contribution >= 0.6 is 0 Å². The van der Waals surface area contributed by atoms with Gasteiger partial charge in [0.2, 0.25) is 0 Å². The molecule has 0 N–H and O–H groups in total. The van der Waals surface area contributed by atoms with E-state index in [1.165, 1.54) is 12.8 Å². The second-order valence-electron chi connectivity index (χ2n) is 6.77. The third-order valence-electron chi connectivity index (χ3n) is 4.92. The van der Waals surface area contributed by atoms with Gasteiger partial charge in [-0.15, -0.1) is 0 Å². The Kier molecular flexibility index (Phi) is 4.29. The first-order valence-corrected chi connectivity index (χ1v) is 8.84. The normalized spacial score (nSPS) is 18.2. The minimum atomic E-state index is -0.0223. The van der Waals surface area contributed by atoms with Crippen LogP contribution in [0.25, 0.3) is 0 Å². The minimum Gasteiger partial charge on any atom is -0.350 e. The molecular weight excluding hydrogens is 316 g/mol. The standard InChI is InChI=1S/C18H22N6O/c1-13-10-21-16(11-20-13)18(25)23-8-5-15(6-9-23)24(14-2-3-14)17-4-7-19-12-22-17/h4,7,10-12,14-15H,2-3,5-6,8-9H2,1H3. The molecule has 2 aromatic heterocycles. The molecule has 0 atom stereocenters. The van der Waals surface area contributed by atoms with Crippen molar-refractivity contribution in [2.45, 2.75) is 44.7 Å². The van der Waals surface area contributed by atoms with Crippen LogP contribution in [-0.2, 0) is 0 Å². The zero-order chi connectivity index (χ0) is 17.2. The fraction of sp³-hybridized carbons (Fsp3) is 0.500. The van der Waals surface area contributed by atoms with E-state index in [1.807, 2.05) is 17.9 Å². The molecule has 2 fully saturated rings. The lowest BCUT2D eigenvalue weighted by molar-refractivity contribution is 0.0705. The van der Waals surface area contributed by atoms with Gasteiger partial charge in [0.1, 0.15) is 17.8 Å². The summed E-state index contributed by atoms with van der Waals surface area (Å²) in [5.41, 5.74) is 1.25. The van der Waals surface area contributed by atoms with Crippen LogP contribution in [0.15, 0.2) is 31.0 Å². The number of amides is 1. The monoisotopic (exact) mass is 338 g/mol. The van der Waals surface area contributed by atoms with Crippen LogP contribution in [0.2, 0.25) is 0 Å². The van der Waals surface area contributed by atoms with E-state index in [9.17, 15) is 4.79 Å². The van der Waals surface area contributed by atoms with E-state index in [-0.39, 0.29) is 5.91 Å². The third-order valence-corrected chi connectivity index (χ3v) is 4.92. The number of carbonyl (C=O) groups excluding carboxylic acids is 1. The molecule has 130 valence electrons. The number of aromatic nitrogens is 4. The van der Waals surface area contributed by atoms with Gasteiger partial charge in [-0.3, -0.25) is 9.78 Å². The average Bonchev–Trinajstić information content (AvgIpc) is 3.48. The quantitative estimate of drug-likeness (QED) is 0.847. The highest BCUT2D eigenvalue weighted by molar-refractivity contribution is 5.92. The number of anilines is 1. The Balaban J connectivity index is 1.42. The van der Waals surface area contributed by atoms with E-state index in [0.29, 0.717) is 17.8 Å². The summed E-state index contributed by atoms with van der Waals surface area (Å²) in [7, 11) is 0. The summed E-state index contributed by atoms with van der Waals surface area (Å²) in [4.78, 5) is 33.8. The van der Waals surface area contributed by atoms with Crippen molar-refractivity contribution in [2.75, 3.05) is 18.0 Å². The van der Waals surface area contributed by atoms with Crippen LogP contribution in [0.1, 0.15) is 41.9 Å². The predicted molar refractivity (Wildman–Crippen MR) is 93.2 cm³/mol. The van der Waals surface area contributed by atoms with Crippen LogP contribution < -0.4 is 4.90 Å².